The number of H-pyrrole nitrogens is 1. The molecule has 5 nitrogen and oxygen atoms in total. The third-order valence-corrected chi connectivity index (χ3v) is 2.76. The van der Waals surface area contributed by atoms with Crippen LogP contribution in [0.4, 0.5) is 5.95 Å². The van der Waals surface area contributed by atoms with Gasteiger partial charge in [-0.2, -0.15) is 0 Å². The minimum absolute atomic E-state index is 0.341. The summed E-state index contributed by atoms with van der Waals surface area (Å²) < 4.78 is 21.2. The highest BCUT2D eigenvalue weighted by atomic mass is 32.2. The summed E-state index contributed by atoms with van der Waals surface area (Å²) in [4.78, 5) is 6.55. The van der Waals surface area contributed by atoms with E-state index < -0.39 is 9.92 Å². The number of hydrogen-bond donors (Lipinski definition) is 3. The smallest absolute Gasteiger partial charge is 0.212 e. The topological polar surface area (TPSA) is 81.6 Å². The van der Waals surface area contributed by atoms with Gasteiger partial charge in [0, 0.05) is 12.4 Å². The van der Waals surface area contributed by atoms with E-state index in [0.29, 0.717) is 11.7 Å². The number of hydrogen-bond acceptors (Lipinski definition) is 3. The van der Waals surface area contributed by atoms with Crippen LogP contribution in [-0.2, 0) is 9.92 Å². The van der Waals surface area contributed by atoms with Gasteiger partial charge in [-0.1, -0.05) is 6.92 Å². The second-order valence-corrected chi connectivity index (χ2v) is 4.38. The second kappa shape index (κ2) is 3.57. The van der Waals surface area contributed by atoms with Crippen molar-refractivity contribution in [2.24, 2.45) is 0 Å². The quantitative estimate of drug-likeness (QED) is 0.663. The van der Waals surface area contributed by atoms with Crippen LogP contribution in [0.1, 0.15) is 13.3 Å². The Balaban J connectivity index is 2.63. The molecule has 0 amide bonds. The van der Waals surface area contributed by atoms with Gasteiger partial charge in [0.2, 0.25) is 5.95 Å². The maximum absolute atomic E-state index is 11.3. The summed E-state index contributed by atoms with van der Waals surface area (Å²) in [7, 11) is -2.70. The molecule has 12 heavy (non-hydrogen) atoms. The number of aromatic amines is 1. The van der Waals surface area contributed by atoms with Gasteiger partial charge in [-0.25, -0.2) is 14.0 Å². The molecule has 0 spiro atoms. The monoisotopic (exact) mass is 188 g/mol. The summed E-state index contributed by atoms with van der Waals surface area (Å²) in [6.07, 6.45) is 3.88. The van der Waals surface area contributed by atoms with Crippen LogP contribution < -0.4 is 4.72 Å². The lowest BCUT2D eigenvalue weighted by atomic mass is 10.6. The van der Waals surface area contributed by atoms with Crippen LogP contribution in [0.2, 0.25) is 0 Å². The Bertz CT molecular complexity index is 315. The zero-order valence-corrected chi connectivity index (χ0v) is 7.65. The van der Waals surface area contributed by atoms with Gasteiger partial charge in [0.25, 0.3) is 0 Å². The van der Waals surface area contributed by atoms with E-state index >= 15 is 0 Å². The number of rotatable bonds is 4. The molecule has 6 heteroatoms. The third kappa shape index (κ3) is 2.54. The molecule has 0 saturated heterocycles. The Labute approximate surface area is 71.7 Å². The van der Waals surface area contributed by atoms with Gasteiger partial charge in [-0.05, 0) is 6.42 Å². The minimum atomic E-state index is -2.70. The normalized spacial score (nSPS) is 15.4. The van der Waals surface area contributed by atoms with E-state index in [1.807, 2.05) is 6.92 Å². The fraction of sp³-hybridized carbons (Fsp3) is 0.500. The third-order valence-electron chi connectivity index (χ3n) is 1.25. The first-order chi connectivity index (χ1) is 5.64. The lowest BCUT2D eigenvalue weighted by Crippen LogP contribution is -2.15. The Morgan fingerprint density at radius 3 is 3.08 bits per heavy atom. The van der Waals surface area contributed by atoms with Crippen molar-refractivity contribution in [3.8, 4) is 0 Å². The summed E-state index contributed by atoms with van der Waals surface area (Å²) >= 11 is 0. The Hall–Kier alpha value is -1.04. The molecular weight excluding hydrogens is 176 g/mol. The molecule has 1 aromatic rings. The van der Waals surface area contributed by atoms with E-state index in [9.17, 15) is 4.21 Å². The van der Waals surface area contributed by atoms with Crippen LogP contribution >= 0.6 is 0 Å². The summed E-state index contributed by atoms with van der Waals surface area (Å²) in [6, 6.07) is 0. The molecule has 1 heterocycles. The predicted molar refractivity (Wildman–Crippen MR) is 48.2 cm³/mol. The van der Waals surface area contributed by atoms with Gasteiger partial charge in [0.15, 0.2) is 0 Å². The van der Waals surface area contributed by atoms with Gasteiger partial charge in [0.05, 0.1) is 5.75 Å². The molecule has 1 aromatic heterocycles. The largest absolute Gasteiger partial charge is 0.330 e. The molecule has 0 radical (unpaired) electrons. The van der Waals surface area contributed by atoms with Gasteiger partial charge < -0.3 is 4.98 Å². The van der Waals surface area contributed by atoms with Crippen LogP contribution in [0.15, 0.2) is 12.4 Å². The molecule has 1 unspecified atom stereocenters. The summed E-state index contributed by atoms with van der Waals surface area (Å²) in [5.74, 6) is 0.733. The first-order valence-corrected chi connectivity index (χ1v) is 5.40. The van der Waals surface area contributed by atoms with E-state index in [-0.39, 0.29) is 0 Å². The van der Waals surface area contributed by atoms with Crippen molar-refractivity contribution in [1.82, 2.24) is 9.97 Å². The van der Waals surface area contributed by atoms with Crippen LogP contribution in [-0.4, -0.2) is 19.9 Å². The maximum Gasteiger partial charge on any atom is 0.212 e. The van der Waals surface area contributed by atoms with E-state index in [1.165, 1.54) is 0 Å². The number of nitrogens with zero attached hydrogens (tertiary/aromatic N) is 1. The molecule has 3 N–H and O–H groups in total. The predicted octanol–water partition coefficient (Wildman–Crippen LogP) is 1.19. The number of imidazole rings is 1. The molecule has 0 aromatic carbocycles. The summed E-state index contributed by atoms with van der Waals surface area (Å²) in [5.41, 5.74) is 0. The summed E-state index contributed by atoms with van der Waals surface area (Å²) in [6.45, 7) is 1.89. The molecule has 0 saturated carbocycles. The molecule has 0 aliphatic heterocycles. The number of anilines is 1. The van der Waals surface area contributed by atoms with Crippen molar-refractivity contribution in [3.63, 3.8) is 0 Å². The molecular formula is C6H12N4OS. The van der Waals surface area contributed by atoms with Crippen molar-refractivity contribution >= 4 is 15.9 Å². The standard InChI is InChI=1S/C6H12N4OS/c1-2-5-12(7,11)10-6-8-3-4-9-6/h3-4H,2,5H2,1H3,(H3,7,8,9,10,11). The van der Waals surface area contributed by atoms with Crippen molar-refractivity contribution in [2.45, 2.75) is 13.3 Å². The van der Waals surface area contributed by atoms with Crippen LogP contribution in [0.25, 0.3) is 0 Å². The molecule has 1 atom stereocenters. The highest BCUT2D eigenvalue weighted by molar-refractivity contribution is 7.93. The molecule has 0 bridgehead atoms. The van der Waals surface area contributed by atoms with Gasteiger partial charge in [-0.3, -0.25) is 4.72 Å². The van der Waals surface area contributed by atoms with E-state index in [2.05, 4.69) is 14.7 Å². The van der Waals surface area contributed by atoms with Crippen molar-refractivity contribution < 1.29 is 4.21 Å². The fourth-order valence-electron chi connectivity index (χ4n) is 0.816. The highest BCUT2D eigenvalue weighted by Crippen LogP contribution is 2.01. The first-order valence-electron chi connectivity index (χ1n) is 3.67. The summed E-state index contributed by atoms with van der Waals surface area (Å²) in [5, 5.41) is 0. The van der Waals surface area contributed by atoms with Crippen molar-refractivity contribution in [1.29, 1.82) is 4.78 Å². The van der Waals surface area contributed by atoms with Gasteiger partial charge >= 0.3 is 0 Å². The maximum atomic E-state index is 11.3. The zero-order chi connectivity index (χ0) is 9.03. The SMILES string of the molecule is CCCS(=N)(=O)Nc1ncc[nH]1. The minimum Gasteiger partial charge on any atom is -0.330 e. The molecule has 0 fully saturated rings. The van der Waals surface area contributed by atoms with Crippen molar-refractivity contribution in [3.05, 3.63) is 12.4 Å². The fourth-order valence-corrected chi connectivity index (χ4v) is 1.92. The van der Waals surface area contributed by atoms with Crippen LogP contribution in [0, 0.1) is 4.78 Å². The number of nitrogens with one attached hydrogen (secondary N) is 3. The molecule has 0 aliphatic rings. The first kappa shape index (κ1) is 9.05. The lowest BCUT2D eigenvalue weighted by Gasteiger charge is -2.05. The van der Waals surface area contributed by atoms with Crippen LogP contribution in [0.5, 0.6) is 0 Å². The van der Waals surface area contributed by atoms with Crippen molar-refractivity contribution in [2.75, 3.05) is 10.5 Å². The Morgan fingerprint density at radius 1 is 1.83 bits per heavy atom. The zero-order valence-electron chi connectivity index (χ0n) is 6.83. The Kier molecular flexibility index (Phi) is 2.69. The highest BCUT2D eigenvalue weighted by Gasteiger charge is 2.04. The average Bonchev–Trinajstić information content (AvgIpc) is 2.38. The van der Waals surface area contributed by atoms with Gasteiger partial charge in [-0.15, -0.1) is 0 Å². The molecule has 1 rings (SSSR count). The van der Waals surface area contributed by atoms with E-state index in [4.69, 9.17) is 4.78 Å². The second-order valence-electron chi connectivity index (χ2n) is 2.42. The van der Waals surface area contributed by atoms with Crippen LogP contribution in [0.3, 0.4) is 0 Å². The average molecular weight is 188 g/mol. The molecule has 0 aliphatic carbocycles. The lowest BCUT2D eigenvalue weighted by molar-refractivity contribution is 0.676. The Morgan fingerprint density at radius 2 is 2.58 bits per heavy atom. The molecule has 68 valence electrons. The van der Waals surface area contributed by atoms with E-state index in [1.54, 1.807) is 12.4 Å². The number of aromatic nitrogens is 2. The van der Waals surface area contributed by atoms with E-state index in [0.717, 1.165) is 6.42 Å². The van der Waals surface area contributed by atoms with Gasteiger partial charge in [0.1, 0.15) is 9.92 Å².